The number of hydrogen-bond donors (Lipinski definition) is 1. The summed E-state index contributed by atoms with van der Waals surface area (Å²) in [4.78, 5) is 18.3. The maximum Gasteiger partial charge on any atom is 0.273 e. The first-order chi connectivity index (χ1) is 11.0. The lowest BCUT2D eigenvalue weighted by molar-refractivity contribution is 0.0950. The minimum Gasteiger partial charge on any atom is -0.447 e. The molecule has 0 bridgehead atoms. The minimum atomic E-state index is -0.197. The van der Waals surface area contributed by atoms with Crippen molar-refractivity contribution in [2.75, 3.05) is 6.54 Å². The van der Waals surface area contributed by atoms with E-state index in [4.69, 9.17) is 4.42 Å². The monoisotopic (exact) mass is 315 g/mol. The summed E-state index contributed by atoms with van der Waals surface area (Å²) < 4.78 is 5.46. The molecular weight excluding hydrogens is 290 g/mol. The first-order valence-corrected chi connectivity index (χ1v) is 8.01. The van der Waals surface area contributed by atoms with Gasteiger partial charge in [-0.15, -0.1) is 0 Å². The van der Waals surface area contributed by atoms with Crippen LogP contribution in [0.25, 0.3) is 0 Å². The normalized spacial score (nSPS) is 11.2. The quantitative estimate of drug-likeness (QED) is 0.853. The van der Waals surface area contributed by atoms with Gasteiger partial charge < -0.3 is 9.73 Å². The second kappa shape index (κ2) is 7.92. The highest BCUT2D eigenvalue weighted by Crippen LogP contribution is 2.14. The number of hydrogen-bond acceptors (Lipinski definition) is 4. The topological polar surface area (TPSA) is 58.4 Å². The number of rotatable bonds is 7. The summed E-state index contributed by atoms with van der Waals surface area (Å²) in [5.74, 6) is 0.365. The number of aromatic nitrogens is 1. The molecule has 0 fully saturated rings. The molecule has 0 spiro atoms. The summed E-state index contributed by atoms with van der Waals surface area (Å²) in [7, 11) is 0. The van der Waals surface area contributed by atoms with Crippen molar-refractivity contribution in [3.05, 3.63) is 53.2 Å². The predicted molar refractivity (Wildman–Crippen MR) is 90.1 cm³/mol. The van der Waals surface area contributed by atoms with Gasteiger partial charge >= 0.3 is 0 Å². The van der Waals surface area contributed by atoms with Gasteiger partial charge in [-0.25, -0.2) is 4.98 Å². The lowest BCUT2D eigenvalue weighted by atomic mass is 10.1. The van der Waals surface area contributed by atoms with E-state index in [0.29, 0.717) is 30.7 Å². The van der Waals surface area contributed by atoms with Crippen LogP contribution in [-0.2, 0) is 13.1 Å². The first-order valence-electron chi connectivity index (χ1n) is 8.01. The molecule has 1 aromatic carbocycles. The summed E-state index contributed by atoms with van der Waals surface area (Å²) in [6.07, 6.45) is 1.42. The summed E-state index contributed by atoms with van der Waals surface area (Å²) in [5, 5.41) is 2.72. The number of amides is 1. The highest BCUT2D eigenvalue weighted by Gasteiger charge is 2.16. The number of carbonyl (C=O) groups excluding carboxylic acids is 1. The average Bonchev–Trinajstić information content (AvgIpc) is 2.97. The van der Waals surface area contributed by atoms with Crippen molar-refractivity contribution in [3.63, 3.8) is 0 Å². The lowest BCUT2D eigenvalue weighted by Crippen LogP contribution is -2.30. The fourth-order valence-electron chi connectivity index (χ4n) is 2.26. The van der Waals surface area contributed by atoms with Crippen LogP contribution in [0.15, 0.2) is 34.9 Å². The van der Waals surface area contributed by atoms with E-state index in [1.54, 1.807) is 0 Å². The SMILES string of the molecule is CCNC(=O)c1coc(CN(Cc2ccc(C)cc2)C(C)C)n1. The molecule has 0 radical (unpaired) electrons. The maximum atomic E-state index is 11.8. The summed E-state index contributed by atoms with van der Waals surface area (Å²) in [5.41, 5.74) is 2.84. The fraction of sp³-hybridized carbons (Fsp3) is 0.444. The number of nitrogens with zero attached hydrogens (tertiary/aromatic N) is 2. The highest BCUT2D eigenvalue weighted by molar-refractivity contribution is 5.91. The summed E-state index contributed by atoms with van der Waals surface area (Å²) in [6.45, 7) is 10.2. The molecule has 2 aromatic rings. The number of aryl methyl sites for hydroxylation is 1. The molecule has 1 N–H and O–H groups in total. The number of carbonyl (C=O) groups is 1. The zero-order valence-electron chi connectivity index (χ0n) is 14.3. The Labute approximate surface area is 137 Å². The van der Waals surface area contributed by atoms with E-state index in [1.807, 2.05) is 6.92 Å². The van der Waals surface area contributed by atoms with Crippen molar-refractivity contribution in [2.45, 2.75) is 46.8 Å². The van der Waals surface area contributed by atoms with E-state index in [0.717, 1.165) is 6.54 Å². The molecule has 0 aliphatic carbocycles. The van der Waals surface area contributed by atoms with Crippen LogP contribution >= 0.6 is 0 Å². The smallest absolute Gasteiger partial charge is 0.273 e. The van der Waals surface area contributed by atoms with Crippen LogP contribution in [0.4, 0.5) is 0 Å². The number of nitrogens with one attached hydrogen (secondary N) is 1. The van der Waals surface area contributed by atoms with Crippen molar-refractivity contribution in [3.8, 4) is 0 Å². The number of oxazole rings is 1. The van der Waals surface area contributed by atoms with Crippen molar-refractivity contribution < 1.29 is 9.21 Å². The molecular formula is C18H25N3O2. The predicted octanol–water partition coefficient (Wildman–Crippen LogP) is 3.14. The molecule has 0 aliphatic heterocycles. The van der Waals surface area contributed by atoms with Gasteiger partial charge in [-0.1, -0.05) is 29.8 Å². The first kappa shape index (κ1) is 17.2. The van der Waals surface area contributed by atoms with Gasteiger partial charge in [0.25, 0.3) is 5.91 Å². The van der Waals surface area contributed by atoms with Crippen molar-refractivity contribution in [1.29, 1.82) is 0 Å². The molecule has 5 nitrogen and oxygen atoms in total. The van der Waals surface area contributed by atoms with Crippen LogP contribution in [-0.4, -0.2) is 28.4 Å². The molecule has 0 saturated carbocycles. The fourth-order valence-corrected chi connectivity index (χ4v) is 2.26. The van der Waals surface area contributed by atoms with E-state index in [-0.39, 0.29) is 5.91 Å². The van der Waals surface area contributed by atoms with Crippen LogP contribution in [0.2, 0.25) is 0 Å². The molecule has 1 heterocycles. The van der Waals surface area contributed by atoms with E-state index < -0.39 is 0 Å². The molecule has 0 saturated heterocycles. The van der Waals surface area contributed by atoms with Crippen molar-refractivity contribution in [2.24, 2.45) is 0 Å². The van der Waals surface area contributed by atoms with Gasteiger partial charge in [0.05, 0.1) is 6.54 Å². The van der Waals surface area contributed by atoms with E-state index in [1.165, 1.54) is 17.4 Å². The molecule has 0 aliphatic rings. The van der Waals surface area contributed by atoms with E-state index >= 15 is 0 Å². The molecule has 0 unspecified atom stereocenters. The van der Waals surface area contributed by atoms with Crippen LogP contribution in [0.3, 0.4) is 0 Å². The Hall–Kier alpha value is -2.14. The third kappa shape index (κ3) is 4.93. The van der Waals surface area contributed by atoms with E-state index in [2.05, 4.69) is 60.2 Å². The third-order valence-corrected chi connectivity index (χ3v) is 3.70. The Morgan fingerprint density at radius 2 is 1.96 bits per heavy atom. The largest absolute Gasteiger partial charge is 0.447 e. The van der Waals surface area contributed by atoms with Gasteiger partial charge in [0.1, 0.15) is 6.26 Å². The van der Waals surface area contributed by atoms with Gasteiger partial charge in [0, 0.05) is 19.1 Å². The van der Waals surface area contributed by atoms with Gasteiger partial charge in [0.2, 0.25) is 5.89 Å². The standard InChI is InChI=1S/C18H25N3O2/c1-5-19-18(22)16-12-23-17(20-16)11-21(13(2)3)10-15-8-6-14(4)7-9-15/h6-9,12-13H,5,10-11H2,1-4H3,(H,19,22). The Bertz CT molecular complexity index is 632. The molecule has 1 aromatic heterocycles. The maximum absolute atomic E-state index is 11.8. The number of benzene rings is 1. The summed E-state index contributed by atoms with van der Waals surface area (Å²) in [6, 6.07) is 8.86. The van der Waals surface area contributed by atoms with Gasteiger partial charge in [-0.3, -0.25) is 9.69 Å². The van der Waals surface area contributed by atoms with Crippen LogP contribution in [0.5, 0.6) is 0 Å². The Morgan fingerprint density at radius 3 is 2.57 bits per heavy atom. The molecule has 0 atom stereocenters. The molecule has 2 rings (SSSR count). The van der Waals surface area contributed by atoms with Crippen molar-refractivity contribution in [1.82, 2.24) is 15.2 Å². The molecule has 124 valence electrons. The van der Waals surface area contributed by atoms with Gasteiger partial charge in [-0.05, 0) is 33.3 Å². The lowest BCUT2D eigenvalue weighted by Gasteiger charge is -2.25. The van der Waals surface area contributed by atoms with Gasteiger partial charge in [-0.2, -0.15) is 0 Å². The van der Waals surface area contributed by atoms with Crippen LogP contribution in [0.1, 0.15) is 48.3 Å². The van der Waals surface area contributed by atoms with Crippen molar-refractivity contribution >= 4 is 5.91 Å². The molecule has 1 amide bonds. The molecule has 5 heteroatoms. The second-order valence-electron chi connectivity index (χ2n) is 5.97. The zero-order valence-corrected chi connectivity index (χ0v) is 14.3. The summed E-state index contributed by atoms with van der Waals surface area (Å²) >= 11 is 0. The highest BCUT2D eigenvalue weighted by atomic mass is 16.3. The Kier molecular flexibility index (Phi) is 5.93. The molecule has 23 heavy (non-hydrogen) atoms. The van der Waals surface area contributed by atoms with Gasteiger partial charge in [0.15, 0.2) is 5.69 Å². The van der Waals surface area contributed by atoms with Crippen LogP contribution in [0, 0.1) is 6.92 Å². The zero-order chi connectivity index (χ0) is 16.8. The van der Waals surface area contributed by atoms with Crippen LogP contribution < -0.4 is 5.32 Å². The Balaban J connectivity index is 2.04. The minimum absolute atomic E-state index is 0.197. The second-order valence-corrected chi connectivity index (χ2v) is 5.97. The van der Waals surface area contributed by atoms with E-state index in [9.17, 15) is 4.79 Å². The Morgan fingerprint density at radius 1 is 1.26 bits per heavy atom. The average molecular weight is 315 g/mol. The third-order valence-electron chi connectivity index (χ3n) is 3.70.